The Kier molecular flexibility index (Phi) is 3.38. The van der Waals surface area contributed by atoms with Gasteiger partial charge in [-0.1, -0.05) is 18.2 Å². The third kappa shape index (κ3) is 2.39. The molecule has 1 aromatic heterocycles. The summed E-state index contributed by atoms with van der Waals surface area (Å²) in [5.41, 5.74) is 1.19. The van der Waals surface area contributed by atoms with E-state index < -0.39 is 5.82 Å². The average Bonchev–Trinajstić information content (AvgIpc) is 3.01. The van der Waals surface area contributed by atoms with E-state index >= 15 is 0 Å². The summed E-state index contributed by atoms with van der Waals surface area (Å²) in [5.74, 6) is 0.167. The van der Waals surface area contributed by atoms with Crippen molar-refractivity contribution in [3.8, 4) is 0 Å². The first-order chi connectivity index (χ1) is 10.8. The van der Waals surface area contributed by atoms with Gasteiger partial charge in [0.15, 0.2) is 5.82 Å². The number of hydrogen-bond acceptors (Lipinski definition) is 5. The summed E-state index contributed by atoms with van der Waals surface area (Å²) in [7, 11) is 0. The van der Waals surface area contributed by atoms with Crippen LogP contribution in [0.25, 0.3) is 0 Å². The Labute approximate surface area is 128 Å². The first-order valence-corrected chi connectivity index (χ1v) is 7.47. The summed E-state index contributed by atoms with van der Waals surface area (Å²) in [6.07, 6.45) is 2.57. The molecule has 0 bridgehead atoms. The molecule has 0 unspecified atom stereocenters. The number of aromatic nitrogens is 2. The van der Waals surface area contributed by atoms with E-state index in [-0.39, 0.29) is 12.1 Å². The second kappa shape index (κ2) is 5.53. The molecule has 0 radical (unpaired) electrons. The molecule has 0 saturated carbocycles. The molecule has 2 aromatic rings. The Morgan fingerprint density at radius 1 is 1.09 bits per heavy atom. The van der Waals surface area contributed by atoms with Crippen LogP contribution >= 0.6 is 0 Å². The molecule has 2 aliphatic heterocycles. The highest BCUT2D eigenvalue weighted by molar-refractivity contribution is 5.49. The molecule has 2 saturated heterocycles. The number of hydrogen-bond donors (Lipinski definition) is 0. The van der Waals surface area contributed by atoms with Crippen LogP contribution in [-0.4, -0.2) is 48.4 Å². The Morgan fingerprint density at radius 2 is 1.86 bits per heavy atom. The monoisotopic (exact) mass is 300 g/mol. The maximum atomic E-state index is 13.0. The first kappa shape index (κ1) is 13.5. The second-order valence-electron chi connectivity index (χ2n) is 5.61. The lowest BCUT2D eigenvalue weighted by atomic mass is 10.1. The number of nitrogens with zero attached hydrogens (tertiary/aromatic N) is 4. The van der Waals surface area contributed by atoms with Crippen molar-refractivity contribution in [2.24, 2.45) is 0 Å². The average molecular weight is 300 g/mol. The lowest BCUT2D eigenvalue weighted by Crippen LogP contribution is -2.51. The van der Waals surface area contributed by atoms with Crippen LogP contribution in [0.4, 0.5) is 16.0 Å². The largest absolute Gasteiger partial charge is 0.372 e. The molecule has 4 rings (SSSR count). The number of anilines is 2. The van der Waals surface area contributed by atoms with Crippen molar-refractivity contribution in [2.75, 3.05) is 36.0 Å². The smallest absolute Gasteiger partial charge is 0.225 e. The number of para-hydroxylation sites is 1. The summed E-state index contributed by atoms with van der Waals surface area (Å²) in [5, 5.41) is 0. The number of morpholine rings is 1. The molecular weight excluding hydrogens is 283 g/mol. The molecule has 0 spiro atoms. The number of fused-ring (bicyclic) bond motifs is 1. The van der Waals surface area contributed by atoms with Crippen LogP contribution in [0.3, 0.4) is 0 Å². The molecule has 0 N–H and O–H groups in total. The van der Waals surface area contributed by atoms with Crippen LogP contribution in [0, 0.1) is 5.82 Å². The fraction of sp³-hybridized carbons (Fsp3) is 0.375. The van der Waals surface area contributed by atoms with Crippen LogP contribution in [-0.2, 0) is 4.74 Å². The summed E-state index contributed by atoms with van der Waals surface area (Å²) in [6.45, 7) is 3.09. The van der Waals surface area contributed by atoms with E-state index in [1.165, 1.54) is 18.1 Å². The zero-order valence-corrected chi connectivity index (χ0v) is 12.1. The van der Waals surface area contributed by atoms with E-state index in [0.717, 1.165) is 19.6 Å². The third-order valence-electron chi connectivity index (χ3n) is 4.29. The highest BCUT2D eigenvalue weighted by Crippen LogP contribution is 2.29. The molecule has 2 atom stereocenters. The van der Waals surface area contributed by atoms with Crippen LogP contribution in [0.15, 0.2) is 42.7 Å². The van der Waals surface area contributed by atoms with Crippen molar-refractivity contribution < 1.29 is 9.13 Å². The van der Waals surface area contributed by atoms with E-state index in [2.05, 4.69) is 31.9 Å². The van der Waals surface area contributed by atoms with E-state index in [9.17, 15) is 4.39 Å². The quantitative estimate of drug-likeness (QED) is 0.844. The first-order valence-electron chi connectivity index (χ1n) is 7.47. The Bertz CT molecular complexity index is 636. The minimum absolute atomic E-state index is 0.127. The lowest BCUT2D eigenvalue weighted by molar-refractivity contribution is 0.0349. The van der Waals surface area contributed by atoms with Crippen molar-refractivity contribution >= 4 is 11.6 Å². The fourth-order valence-electron chi connectivity index (χ4n) is 3.24. The SMILES string of the molecule is Fc1cnc(N2CCO[C@H]3CN(c4ccccc4)C[C@H]32)nc1. The van der Waals surface area contributed by atoms with Crippen LogP contribution in [0.5, 0.6) is 0 Å². The molecule has 6 heteroatoms. The molecule has 5 nitrogen and oxygen atoms in total. The Morgan fingerprint density at radius 3 is 2.64 bits per heavy atom. The highest BCUT2D eigenvalue weighted by atomic mass is 19.1. The van der Waals surface area contributed by atoms with E-state index in [1.807, 2.05) is 18.2 Å². The minimum atomic E-state index is -0.411. The lowest BCUT2D eigenvalue weighted by Gasteiger charge is -2.36. The highest BCUT2D eigenvalue weighted by Gasteiger charge is 2.41. The van der Waals surface area contributed by atoms with Gasteiger partial charge in [-0.2, -0.15) is 0 Å². The topological polar surface area (TPSA) is 41.5 Å². The molecule has 2 aliphatic rings. The predicted molar refractivity (Wildman–Crippen MR) is 81.5 cm³/mol. The summed E-state index contributed by atoms with van der Waals surface area (Å²) in [4.78, 5) is 12.7. The molecule has 3 heterocycles. The standard InChI is InChI=1S/C16H17FN4O/c17-12-8-18-16(19-9-12)21-6-7-22-15-11-20(10-14(15)21)13-4-2-1-3-5-13/h1-5,8-9,14-15H,6-7,10-11H2/t14-,15+/m1/s1. The second-order valence-corrected chi connectivity index (χ2v) is 5.61. The van der Waals surface area contributed by atoms with Gasteiger partial charge in [-0.3, -0.25) is 0 Å². The summed E-state index contributed by atoms with van der Waals surface area (Å²) < 4.78 is 18.9. The third-order valence-corrected chi connectivity index (χ3v) is 4.29. The van der Waals surface area contributed by atoms with Crippen molar-refractivity contribution in [1.82, 2.24) is 9.97 Å². The van der Waals surface area contributed by atoms with Crippen molar-refractivity contribution in [3.05, 3.63) is 48.5 Å². The van der Waals surface area contributed by atoms with Gasteiger partial charge in [-0.05, 0) is 12.1 Å². The maximum absolute atomic E-state index is 13.0. The van der Waals surface area contributed by atoms with Gasteiger partial charge in [0, 0.05) is 25.3 Å². The molecular formula is C16H17FN4O. The van der Waals surface area contributed by atoms with Gasteiger partial charge in [0.2, 0.25) is 5.95 Å². The fourth-order valence-corrected chi connectivity index (χ4v) is 3.24. The number of benzene rings is 1. The van der Waals surface area contributed by atoms with E-state index in [4.69, 9.17) is 4.74 Å². The molecule has 0 amide bonds. The van der Waals surface area contributed by atoms with Gasteiger partial charge >= 0.3 is 0 Å². The molecule has 22 heavy (non-hydrogen) atoms. The van der Waals surface area contributed by atoms with E-state index in [1.54, 1.807) is 0 Å². The predicted octanol–water partition coefficient (Wildman–Crippen LogP) is 1.71. The number of halogens is 1. The Balaban J connectivity index is 1.57. The van der Waals surface area contributed by atoms with Crippen molar-refractivity contribution in [2.45, 2.75) is 12.1 Å². The molecule has 114 valence electrons. The number of rotatable bonds is 2. The Hall–Kier alpha value is -2.21. The van der Waals surface area contributed by atoms with Crippen molar-refractivity contribution in [1.29, 1.82) is 0 Å². The molecule has 0 aliphatic carbocycles. The summed E-state index contributed by atoms with van der Waals surface area (Å²) >= 11 is 0. The van der Waals surface area contributed by atoms with Gasteiger partial charge in [0.1, 0.15) is 0 Å². The van der Waals surface area contributed by atoms with Crippen LogP contribution in [0.2, 0.25) is 0 Å². The van der Waals surface area contributed by atoms with Crippen LogP contribution in [0.1, 0.15) is 0 Å². The van der Waals surface area contributed by atoms with Gasteiger partial charge in [-0.15, -0.1) is 0 Å². The van der Waals surface area contributed by atoms with E-state index in [0.29, 0.717) is 12.6 Å². The van der Waals surface area contributed by atoms with Gasteiger partial charge in [0.05, 0.1) is 31.1 Å². The molecule has 2 fully saturated rings. The zero-order valence-electron chi connectivity index (χ0n) is 12.1. The minimum Gasteiger partial charge on any atom is -0.372 e. The van der Waals surface area contributed by atoms with Gasteiger partial charge in [-0.25, -0.2) is 14.4 Å². The van der Waals surface area contributed by atoms with Crippen molar-refractivity contribution in [3.63, 3.8) is 0 Å². The zero-order chi connectivity index (χ0) is 14.9. The normalized spacial score (nSPS) is 24.4. The maximum Gasteiger partial charge on any atom is 0.225 e. The molecule has 1 aromatic carbocycles. The summed E-state index contributed by atoms with van der Waals surface area (Å²) in [6, 6.07) is 10.5. The number of ether oxygens (including phenoxy) is 1. The van der Waals surface area contributed by atoms with Gasteiger partial charge < -0.3 is 14.5 Å². The van der Waals surface area contributed by atoms with Gasteiger partial charge in [0.25, 0.3) is 0 Å². The van der Waals surface area contributed by atoms with Crippen LogP contribution < -0.4 is 9.80 Å².